The smallest absolute Gasteiger partial charge is 0.225 e. The van der Waals surface area contributed by atoms with Crippen molar-refractivity contribution >= 4 is 11.8 Å². The van der Waals surface area contributed by atoms with Gasteiger partial charge in [-0.1, -0.05) is 30.3 Å². The molecule has 3 heterocycles. The summed E-state index contributed by atoms with van der Waals surface area (Å²) < 4.78 is 7.28. The molecule has 0 saturated carbocycles. The lowest BCUT2D eigenvalue weighted by molar-refractivity contribution is -0.132. The summed E-state index contributed by atoms with van der Waals surface area (Å²) in [5.41, 5.74) is 1.12. The molecule has 0 aliphatic carbocycles. The van der Waals surface area contributed by atoms with Crippen molar-refractivity contribution in [1.29, 1.82) is 0 Å². The molecule has 0 N–H and O–H groups in total. The van der Waals surface area contributed by atoms with Crippen molar-refractivity contribution in [2.24, 2.45) is 0 Å². The molecule has 1 aromatic carbocycles. The van der Waals surface area contributed by atoms with Crippen molar-refractivity contribution in [2.45, 2.75) is 44.5 Å². The summed E-state index contributed by atoms with van der Waals surface area (Å²) in [7, 11) is 0. The first-order valence-corrected chi connectivity index (χ1v) is 9.64. The molecule has 2 aliphatic heterocycles. The number of ether oxygens (including phenoxy) is 1. The standard InChI is InChI=1S/C19H24N6O3/c26-18(7-8-23-14-20-21-22-23)24-9-6-16-17(24)12-19(27)25(16)10-11-28-13-15-4-2-1-3-5-15/h1-5,14,16-17H,6-13H2/t16-,17-/m0/s1. The van der Waals surface area contributed by atoms with Crippen LogP contribution in [-0.4, -0.2) is 73.6 Å². The Morgan fingerprint density at radius 1 is 1.18 bits per heavy atom. The number of tetrazole rings is 1. The van der Waals surface area contributed by atoms with Crippen LogP contribution in [0.15, 0.2) is 36.7 Å². The van der Waals surface area contributed by atoms with Crippen molar-refractivity contribution in [2.75, 3.05) is 19.7 Å². The third kappa shape index (κ3) is 4.04. The number of hydrogen-bond acceptors (Lipinski definition) is 6. The van der Waals surface area contributed by atoms with Crippen LogP contribution < -0.4 is 0 Å². The Morgan fingerprint density at radius 3 is 2.82 bits per heavy atom. The predicted octanol–water partition coefficient (Wildman–Crippen LogP) is 0.482. The van der Waals surface area contributed by atoms with Gasteiger partial charge in [0.25, 0.3) is 0 Å². The first kappa shape index (κ1) is 18.5. The van der Waals surface area contributed by atoms with E-state index in [4.69, 9.17) is 4.74 Å². The Morgan fingerprint density at radius 2 is 2.04 bits per heavy atom. The molecule has 2 amide bonds. The lowest BCUT2D eigenvalue weighted by Crippen LogP contribution is -2.41. The van der Waals surface area contributed by atoms with Crippen LogP contribution in [-0.2, 0) is 27.5 Å². The summed E-state index contributed by atoms with van der Waals surface area (Å²) in [6.45, 7) is 2.75. The number of hydrogen-bond donors (Lipinski definition) is 0. The van der Waals surface area contributed by atoms with Gasteiger partial charge in [0.2, 0.25) is 11.8 Å². The number of likely N-dealkylation sites (tertiary alicyclic amines) is 2. The molecule has 28 heavy (non-hydrogen) atoms. The minimum atomic E-state index is -0.0250. The molecule has 1 aromatic heterocycles. The van der Waals surface area contributed by atoms with Crippen molar-refractivity contribution in [3.8, 4) is 0 Å². The number of aryl methyl sites for hydroxylation is 1. The average Bonchev–Trinajstić information content (AvgIpc) is 3.42. The minimum Gasteiger partial charge on any atom is -0.375 e. The van der Waals surface area contributed by atoms with Gasteiger partial charge in [-0.25, -0.2) is 4.68 Å². The van der Waals surface area contributed by atoms with Crippen molar-refractivity contribution in [3.63, 3.8) is 0 Å². The molecule has 2 aromatic rings. The molecule has 0 radical (unpaired) electrons. The van der Waals surface area contributed by atoms with E-state index in [0.717, 1.165) is 12.0 Å². The Labute approximate surface area is 163 Å². The molecule has 0 bridgehead atoms. The normalized spacial score (nSPS) is 21.4. The Bertz CT molecular complexity index is 797. The van der Waals surface area contributed by atoms with Crippen LogP contribution in [0.4, 0.5) is 0 Å². The van der Waals surface area contributed by atoms with E-state index < -0.39 is 0 Å². The monoisotopic (exact) mass is 384 g/mol. The second kappa shape index (κ2) is 8.47. The van der Waals surface area contributed by atoms with E-state index in [9.17, 15) is 9.59 Å². The lowest BCUT2D eigenvalue weighted by atomic mass is 10.1. The van der Waals surface area contributed by atoms with Gasteiger partial charge in [-0.2, -0.15) is 0 Å². The highest BCUT2D eigenvalue weighted by molar-refractivity contribution is 5.83. The third-order valence-electron chi connectivity index (χ3n) is 5.47. The maximum atomic E-state index is 12.6. The van der Waals surface area contributed by atoms with Crippen LogP contribution in [0.5, 0.6) is 0 Å². The van der Waals surface area contributed by atoms with Crippen LogP contribution >= 0.6 is 0 Å². The largest absolute Gasteiger partial charge is 0.375 e. The summed E-state index contributed by atoms with van der Waals surface area (Å²) in [6.07, 6.45) is 3.06. The van der Waals surface area contributed by atoms with E-state index in [0.29, 0.717) is 45.7 Å². The van der Waals surface area contributed by atoms with Gasteiger partial charge in [0.05, 0.1) is 31.8 Å². The Kier molecular flexibility index (Phi) is 5.61. The summed E-state index contributed by atoms with van der Waals surface area (Å²) in [4.78, 5) is 28.8. The molecule has 0 spiro atoms. The van der Waals surface area contributed by atoms with Crippen LogP contribution in [0.3, 0.4) is 0 Å². The quantitative estimate of drug-likeness (QED) is 0.615. The van der Waals surface area contributed by atoms with Crippen molar-refractivity contribution < 1.29 is 14.3 Å². The zero-order valence-corrected chi connectivity index (χ0v) is 15.7. The molecule has 4 rings (SSSR count). The van der Waals surface area contributed by atoms with E-state index in [2.05, 4.69) is 15.5 Å². The van der Waals surface area contributed by atoms with Crippen LogP contribution in [0.25, 0.3) is 0 Å². The number of carbonyl (C=O) groups is 2. The minimum absolute atomic E-state index is 0.0250. The molecular formula is C19H24N6O3. The van der Waals surface area contributed by atoms with Crippen LogP contribution in [0, 0.1) is 0 Å². The molecule has 0 unspecified atom stereocenters. The zero-order valence-electron chi connectivity index (χ0n) is 15.7. The first-order valence-electron chi connectivity index (χ1n) is 9.64. The van der Waals surface area contributed by atoms with Gasteiger partial charge < -0.3 is 14.5 Å². The van der Waals surface area contributed by atoms with Crippen molar-refractivity contribution in [3.05, 3.63) is 42.2 Å². The topological polar surface area (TPSA) is 93.5 Å². The highest BCUT2D eigenvalue weighted by Crippen LogP contribution is 2.32. The molecule has 2 fully saturated rings. The molecule has 9 nitrogen and oxygen atoms in total. The van der Waals surface area contributed by atoms with Gasteiger partial charge in [-0.15, -0.1) is 5.10 Å². The number of amides is 2. The molecule has 148 valence electrons. The molecule has 2 atom stereocenters. The van der Waals surface area contributed by atoms with Gasteiger partial charge in [0, 0.05) is 25.9 Å². The van der Waals surface area contributed by atoms with Crippen molar-refractivity contribution in [1.82, 2.24) is 30.0 Å². The fraction of sp³-hybridized carbons (Fsp3) is 0.526. The lowest BCUT2D eigenvalue weighted by Gasteiger charge is -2.25. The first-order chi connectivity index (χ1) is 13.7. The van der Waals surface area contributed by atoms with E-state index in [1.807, 2.05) is 40.1 Å². The van der Waals surface area contributed by atoms with E-state index in [1.165, 1.54) is 6.33 Å². The molecular weight excluding hydrogens is 360 g/mol. The maximum absolute atomic E-state index is 12.6. The Hall–Kier alpha value is -2.81. The van der Waals surface area contributed by atoms with Gasteiger partial charge in [-0.3, -0.25) is 9.59 Å². The maximum Gasteiger partial charge on any atom is 0.225 e. The second-order valence-electron chi connectivity index (χ2n) is 7.16. The van der Waals surface area contributed by atoms with E-state index in [1.54, 1.807) is 4.68 Å². The number of aromatic nitrogens is 4. The van der Waals surface area contributed by atoms with Gasteiger partial charge in [-0.05, 0) is 22.4 Å². The average molecular weight is 384 g/mol. The number of rotatable bonds is 8. The van der Waals surface area contributed by atoms with Gasteiger partial charge >= 0.3 is 0 Å². The predicted molar refractivity (Wildman–Crippen MR) is 98.8 cm³/mol. The van der Waals surface area contributed by atoms with E-state index >= 15 is 0 Å². The fourth-order valence-electron chi connectivity index (χ4n) is 4.09. The molecule has 2 aliphatic rings. The summed E-state index contributed by atoms with van der Waals surface area (Å²) >= 11 is 0. The van der Waals surface area contributed by atoms with Gasteiger partial charge in [0.1, 0.15) is 6.33 Å². The van der Waals surface area contributed by atoms with E-state index in [-0.39, 0.29) is 23.9 Å². The fourth-order valence-corrected chi connectivity index (χ4v) is 4.09. The molecule has 9 heteroatoms. The number of nitrogens with zero attached hydrogens (tertiary/aromatic N) is 6. The highest BCUT2D eigenvalue weighted by Gasteiger charge is 2.47. The molecule has 2 saturated heterocycles. The SMILES string of the molecule is O=C1C[C@H]2[C@H](CCN2C(=O)CCn2cnnn2)N1CCOCc1ccccc1. The summed E-state index contributed by atoms with van der Waals surface area (Å²) in [5.74, 6) is 0.161. The zero-order chi connectivity index (χ0) is 19.3. The second-order valence-corrected chi connectivity index (χ2v) is 7.16. The van der Waals surface area contributed by atoms with Crippen LogP contribution in [0.1, 0.15) is 24.8 Å². The number of benzene rings is 1. The number of fused-ring (bicyclic) bond motifs is 1. The summed E-state index contributed by atoms with van der Waals surface area (Å²) in [5, 5.41) is 10.9. The number of carbonyl (C=O) groups excluding carboxylic acids is 2. The van der Waals surface area contributed by atoms with Gasteiger partial charge in [0.15, 0.2) is 0 Å². The summed E-state index contributed by atoms with van der Waals surface area (Å²) in [6, 6.07) is 10.1. The van der Waals surface area contributed by atoms with Crippen LogP contribution in [0.2, 0.25) is 0 Å². The highest BCUT2D eigenvalue weighted by atomic mass is 16.5. The third-order valence-corrected chi connectivity index (χ3v) is 5.47. The Balaban J connectivity index is 1.25.